The fourth-order valence-electron chi connectivity index (χ4n) is 3.91. The van der Waals surface area contributed by atoms with Crippen molar-refractivity contribution in [2.24, 2.45) is 0 Å². The van der Waals surface area contributed by atoms with Crippen LogP contribution in [0.2, 0.25) is 0 Å². The Morgan fingerprint density at radius 1 is 1.04 bits per heavy atom. The maximum Gasteiger partial charge on any atom is 0.222 e. The molecule has 0 unspecified atom stereocenters. The molecule has 3 rings (SSSR count). The van der Waals surface area contributed by atoms with Gasteiger partial charge in [-0.25, -0.2) is 8.78 Å². The van der Waals surface area contributed by atoms with Crippen molar-refractivity contribution in [1.29, 1.82) is 0 Å². The predicted molar refractivity (Wildman–Crippen MR) is 97.7 cm³/mol. The summed E-state index contributed by atoms with van der Waals surface area (Å²) in [6.45, 7) is 8.10. The van der Waals surface area contributed by atoms with Crippen LogP contribution in [-0.2, 0) is 11.3 Å². The van der Waals surface area contributed by atoms with Crippen molar-refractivity contribution in [3.8, 4) is 0 Å². The monoisotopic (exact) mass is 365 g/mol. The van der Waals surface area contributed by atoms with Gasteiger partial charge < -0.3 is 9.80 Å². The van der Waals surface area contributed by atoms with Crippen LogP contribution in [0.15, 0.2) is 18.2 Å². The lowest BCUT2D eigenvalue weighted by Crippen LogP contribution is -2.48. The van der Waals surface area contributed by atoms with E-state index in [1.165, 1.54) is 25.0 Å². The van der Waals surface area contributed by atoms with E-state index >= 15 is 0 Å². The van der Waals surface area contributed by atoms with Crippen LogP contribution in [0, 0.1) is 11.6 Å². The maximum atomic E-state index is 13.3. The molecule has 1 aromatic rings. The summed E-state index contributed by atoms with van der Waals surface area (Å²) >= 11 is 0. The van der Waals surface area contributed by atoms with Crippen molar-refractivity contribution in [1.82, 2.24) is 14.7 Å². The van der Waals surface area contributed by atoms with Crippen LogP contribution in [0.1, 0.15) is 38.2 Å². The largest absolute Gasteiger partial charge is 0.340 e. The molecule has 26 heavy (non-hydrogen) atoms. The van der Waals surface area contributed by atoms with E-state index in [4.69, 9.17) is 0 Å². The molecule has 0 saturated carbocycles. The van der Waals surface area contributed by atoms with Gasteiger partial charge in [0, 0.05) is 45.2 Å². The third kappa shape index (κ3) is 5.01. The average Bonchev–Trinajstić information content (AvgIpc) is 3.18. The summed E-state index contributed by atoms with van der Waals surface area (Å²) < 4.78 is 26.3. The second kappa shape index (κ2) is 8.91. The lowest BCUT2D eigenvalue weighted by molar-refractivity contribution is -0.133. The zero-order valence-corrected chi connectivity index (χ0v) is 15.6. The standard InChI is InChI=1S/C20H29F2N3O/c1-16(24-8-2-3-9-24)4-7-20(26)25-12-10-23(11-13-25)15-17-5-6-18(21)19(22)14-17/h5-6,14,16H,2-4,7-13,15H2,1H3/t16-/m1/s1. The van der Waals surface area contributed by atoms with Gasteiger partial charge in [-0.15, -0.1) is 0 Å². The minimum atomic E-state index is -0.813. The maximum absolute atomic E-state index is 13.3. The molecule has 0 spiro atoms. The molecule has 144 valence electrons. The molecule has 2 aliphatic heterocycles. The summed E-state index contributed by atoms with van der Waals surface area (Å²) in [6.07, 6.45) is 4.09. The minimum absolute atomic E-state index is 0.239. The fraction of sp³-hybridized carbons (Fsp3) is 0.650. The van der Waals surface area contributed by atoms with Crippen molar-refractivity contribution >= 4 is 5.91 Å². The number of halogens is 2. The number of carbonyl (C=O) groups is 1. The van der Waals surface area contributed by atoms with Gasteiger partial charge in [0.2, 0.25) is 5.91 Å². The summed E-state index contributed by atoms with van der Waals surface area (Å²) in [6, 6.07) is 4.53. The lowest BCUT2D eigenvalue weighted by atomic mass is 10.1. The van der Waals surface area contributed by atoms with Crippen LogP contribution in [0.5, 0.6) is 0 Å². The Hall–Kier alpha value is -1.53. The number of benzene rings is 1. The van der Waals surface area contributed by atoms with Crippen LogP contribution < -0.4 is 0 Å². The highest BCUT2D eigenvalue weighted by molar-refractivity contribution is 5.76. The van der Waals surface area contributed by atoms with Gasteiger partial charge >= 0.3 is 0 Å². The van der Waals surface area contributed by atoms with Crippen molar-refractivity contribution in [3.63, 3.8) is 0 Å². The smallest absolute Gasteiger partial charge is 0.222 e. The van der Waals surface area contributed by atoms with E-state index in [9.17, 15) is 13.6 Å². The van der Waals surface area contributed by atoms with Gasteiger partial charge in [-0.1, -0.05) is 6.07 Å². The Balaban J connectivity index is 1.39. The molecular formula is C20H29F2N3O. The van der Waals surface area contributed by atoms with E-state index in [2.05, 4.69) is 16.7 Å². The summed E-state index contributed by atoms with van der Waals surface area (Å²) in [7, 11) is 0. The number of carbonyl (C=O) groups excluding carboxylic acids is 1. The number of rotatable bonds is 6. The molecule has 2 saturated heterocycles. The second-order valence-corrected chi connectivity index (χ2v) is 7.54. The van der Waals surface area contributed by atoms with E-state index < -0.39 is 11.6 Å². The van der Waals surface area contributed by atoms with E-state index in [0.29, 0.717) is 32.1 Å². The van der Waals surface area contributed by atoms with E-state index in [1.54, 1.807) is 6.07 Å². The topological polar surface area (TPSA) is 26.8 Å². The van der Waals surface area contributed by atoms with E-state index in [-0.39, 0.29) is 5.91 Å². The van der Waals surface area contributed by atoms with Crippen molar-refractivity contribution in [2.45, 2.75) is 45.2 Å². The molecule has 2 fully saturated rings. The van der Waals surface area contributed by atoms with Gasteiger partial charge in [0.1, 0.15) is 0 Å². The van der Waals surface area contributed by atoms with Gasteiger partial charge in [0.25, 0.3) is 0 Å². The fourth-order valence-corrected chi connectivity index (χ4v) is 3.91. The van der Waals surface area contributed by atoms with Gasteiger partial charge in [-0.2, -0.15) is 0 Å². The molecule has 0 radical (unpaired) electrons. The molecule has 2 heterocycles. The van der Waals surface area contributed by atoms with Crippen molar-refractivity contribution in [3.05, 3.63) is 35.4 Å². The molecule has 0 bridgehead atoms. The Morgan fingerprint density at radius 2 is 1.73 bits per heavy atom. The van der Waals surface area contributed by atoms with Crippen LogP contribution >= 0.6 is 0 Å². The number of amides is 1. The Morgan fingerprint density at radius 3 is 2.38 bits per heavy atom. The van der Waals surface area contributed by atoms with Gasteiger partial charge in [0.15, 0.2) is 11.6 Å². The van der Waals surface area contributed by atoms with Crippen LogP contribution in [0.3, 0.4) is 0 Å². The molecule has 1 amide bonds. The molecular weight excluding hydrogens is 336 g/mol. The summed E-state index contributed by atoms with van der Waals surface area (Å²) in [5.41, 5.74) is 0.767. The third-order valence-electron chi connectivity index (χ3n) is 5.66. The first-order chi connectivity index (χ1) is 12.5. The molecule has 0 aliphatic carbocycles. The zero-order chi connectivity index (χ0) is 18.5. The number of hydrogen-bond donors (Lipinski definition) is 0. The minimum Gasteiger partial charge on any atom is -0.340 e. The van der Waals surface area contributed by atoms with E-state index in [1.807, 2.05) is 4.90 Å². The highest BCUT2D eigenvalue weighted by atomic mass is 19.2. The van der Waals surface area contributed by atoms with Gasteiger partial charge in [-0.3, -0.25) is 9.69 Å². The van der Waals surface area contributed by atoms with Crippen molar-refractivity contribution in [2.75, 3.05) is 39.3 Å². The normalized spacial score (nSPS) is 20.5. The molecule has 1 aromatic carbocycles. The number of hydrogen-bond acceptors (Lipinski definition) is 3. The van der Waals surface area contributed by atoms with E-state index in [0.717, 1.165) is 38.2 Å². The Bertz CT molecular complexity index is 611. The molecule has 2 aliphatic rings. The van der Waals surface area contributed by atoms with Crippen LogP contribution in [0.4, 0.5) is 8.78 Å². The Labute approximate surface area is 154 Å². The number of piperazine rings is 1. The van der Waals surface area contributed by atoms with Gasteiger partial charge in [0.05, 0.1) is 0 Å². The van der Waals surface area contributed by atoms with Crippen LogP contribution in [-0.4, -0.2) is 65.9 Å². The molecule has 1 atom stereocenters. The Kier molecular flexibility index (Phi) is 6.59. The molecule has 0 N–H and O–H groups in total. The van der Waals surface area contributed by atoms with Gasteiger partial charge in [-0.05, 0) is 57.0 Å². The van der Waals surface area contributed by atoms with Crippen molar-refractivity contribution < 1.29 is 13.6 Å². The average molecular weight is 365 g/mol. The SMILES string of the molecule is C[C@H](CCC(=O)N1CCN(Cc2ccc(F)c(F)c2)CC1)N1CCCC1. The number of likely N-dealkylation sites (tertiary alicyclic amines) is 1. The highest BCUT2D eigenvalue weighted by Crippen LogP contribution is 2.17. The molecule has 6 heteroatoms. The first-order valence-electron chi connectivity index (χ1n) is 9.71. The predicted octanol–water partition coefficient (Wildman–Crippen LogP) is 2.87. The number of nitrogens with zero attached hydrogens (tertiary/aromatic N) is 3. The summed E-state index contributed by atoms with van der Waals surface area (Å²) in [5.74, 6) is -1.38. The van der Waals surface area contributed by atoms with Crippen LogP contribution in [0.25, 0.3) is 0 Å². The first-order valence-corrected chi connectivity index (χ1v) is 9.71. The first kappa shape index (κ1) is 19.2. The highest BCUT2D eigenvalue weighted by Gasteiger charge is 2.23. The zero-order valence-electron chi connectivity index (χ0n) is 15.6. The molecule has 4 nitrogen and oxygen atoms in total. The third-order valence-corrected chi connectivity index (χ3v) is 5.66. The second-order valence-electron chi connectivity index (χ2n) is 7.54. The summed E-state index contributed by atoms with van der Waals surface area (Å²) in [5, 5.41) is 0. The summed E-state index contributed by atoms with van der Waals surface area (Å²) in [4.78, 5) is 19.1. The molecule has 0 aromatic heterocycles. The quantitative estimate of drug-likeness (QED) is 0.776. The lowest BCUT2D eigenvalue weighted by Gasteiger charge is -2.35.